The number of aryl methyl sites for hydroxylation is 2. The van der Waals surface area contributed by atoms with Crippen molar-refractivity contribution in [1.29, 1.82) is 0 Å². The zero-order valence-electron chi connectivity index (χ0n) is 11.2. The molecule has 0 aromatic heterocycles. The van der Waals surface area contributed by atoms with Crippen molar-refractivity contribution in [2.24, 2.45) is 0 Å². The standard InChI is InChI=1S/C15H23NO/c1-4-16-9-7-15(17,8-10-16)14-6-5-12(2)11-13(14)3/h5-6,11,17H,4,7-10H2,1-3H3. The Morgan fingerprint density at radius 1 is 1.24 bits per heavy atom. The first-order chi connectivity index (χ1) is 8.05. The van der Waals surface area contributed by atoms with Crippen molar-refractivity contribution >= 4 is 0 Å². The molecule has 0 saturated carbocycles. The highest BCUT2D eigenvalue weighted by molar-refractivity contribution is 5.35. The lowest BCUT2D eigenvalue weighted by molar-refractivity contribution is -0.0251. The van der Waals surface area contributed by atoms with E-state index in [1.54, 1.807) is 0 Å². The van der Waals surface area contributed by atoms with Gasteiger partial charge in [-0.15, -0.1) is 0 Å². The first-order valence-electron chi connectivity index (χ1n) is 6.57. The van der Waals surface area contributed by atoms with Crippen molar-refractivity contribution in [2.75, 3.05) is 19.6 Å². The van der Waals surface area contributed by atoms with Crippen molar-refractivity contribution in [3.63, 3.8) is 0 Å². The number of nitrogens with zero attached hydrogens (tertiary/aromatic N) is 1. The van der Waals surface area contributed by atoms with Crippen LogP contribution in [0.3, 0.4) is 0 Å². The van der Waals surface area contributed by atoms with Crippen LogP contribution in [0.25, 0.3) is 0 Å². The third kappa shape index (κ3) is 2.53. The van der Waals surface area contributed by atoms with Crippen LogP contribution in [0, 0.1) is 13.8 Å². The van der Waals surface area contributed by atoms with Crippen molar-refractivity contribution in [2.45, 2.75) is 39.2 Å². The van der Waals surface area contributed by atoms with E-state index in [9.17, 15) is 5.11 Å². The minimum Gasteiger partial charge on any atom is -0.385 e. The summed E-state index contributed by atoms with van der Waals surface area (Å²) < 4.78 is 0. The molecule has 1 aliphatic heterocycles. The molecule has 0 bridgehead atoms. The van der Waals surface area contributed by atoms with Crippen molar-refractivity contribution in [3.05, 3.63) is 34.9 Å². The van der Waals surface area contributed by atoms with E-state index < -0.39 is 5.60 Å². The fourth-order valence-electron chi connectivity index (χ4n) is 2.84. The molecule has 1 aliphatic rings. The fourth-order valence-corrected chi connectivity index (χ4v) is 2.84. The second kappa shape index (κ2) is 4.79. The number of piperidine rings is 1. The molecule has 0 aliphatic carbocycles. The van der Waals surface area contributed by atoms with Gasteiger partial charge in [-0.3, -0.25) is 0 Å². The van der Waals surface area contributed by atoms with Gasteiger partial charge in [-0.25, -0.2) is 0 Å². The molecule has 0 unspecified atom stereocenters. The van der Waals surface area contributed by atoms with Crippen LogP contribution < -0.4 is 0 Å². The van der Waals surface area contributed by atoms with Gasteiger partial charge in [0.1, 0.15) is 0 Å². The van der Waals surface area contributed by atoms with E-state index in [0.29, 0.717) is 0 Å². The maximum Gasteiger partial charge on any atom is 0.0923 e. The first kappa shape index (κ1) is 12.6. The van der Waals surface area contributed by atoms with Gasteiger partial charge >= 0.3 is 0 Å². The first-order valence-corrected chi connectivity index (χ1v) is 6.57. The Balaban J connectivity index is 2.21. The Morgan fingerprint density at radius 2 is 1.88 bits per heavy atom. The molecule has 1 fully saturated rings. The maximum absolute atomic E-state index is 10.8. The minimum absolute atomic E-state index is 0.608. The summed E-state index contributed by atoms with van der Waals surface area (Å²) >= 11 is 0. The summed E-state index contributed by atoms with van der Waals surface area (Å²) in [6.07, 6.45) is 1.70. The molecule has 94 valence electrons. The van der Waals surface area contributed by atoms with Gasteiger partial charge < -0.3 is 10.0 Å². The predicted octanol–water partition coefficient (Wildman–Crippen LogP) is 2.61. The van der Waals surface area contributed by atoms with Gasteiger partial charge in [-0.05, 0) is 44.4 Å². The molecule has 0 radical (unpaired) electrons. The number of rotatable bonds is 2. The van der Waals surface area contributed by atoms with E-state index in [1.165, 1.54) is 11.1 Å². The van der Waals surface area contributed by atoms with Crippen LogP contribution in [-0.2, 0) is 5.60 Å². The molecule has 0 spiro atoms. The van der Waals surface area contributed by atoms with Crippen molar-refractivity contribution in [1.82, 2.24) is 4.90 Å². The van der Waals surface area contributed by atoms with Crippen LogP contribution in [0.2, 0.25) is 0 Å². The van der Waals surface area contributed by atoms with Crippen LogP contribution in [0.15, 0.2) is 18.2 Å². The number of hydrogen-bond acceptors (Lipinski definition) is 2. The van der Waals surface area contributed by atoms with Gasteiger partial charge in [-0.2, -0.15) is 0 Å². The molecule has 0 amide bonds. The SMILES string of the molecule is CCN1CCC(O)(c2ccc(C)cc2C)CC1. The quantitative estimate of drug-likeness (QED) is 0.848. The smallest absolute Gasteiger partial charge is 0.0923 e. The normalized spacial score (nSPS) is 20.5. The molecule has 1 aromatic carbocycles. The third-order valence-corrected chi connectivity index (χ3v) is 4.01. The number of likely N-dealkylation sites (tertiary alicyclic amines) is 1. The summed E-state index contributed by atoms with van der Waals surface area (Å²) in [7, 11) is 0. The summed E-state index contributed by atoms with van der Waals surface area (Å²) in [6.45, 7) is 9.47. The third-order valence-electron chi connectivity index (χ3n) is 4.01. The maximum atomic E-state index is 10.8. The minimum atomic E-state index is -0.608. The van der Waals surface area contributed by atoms with E-state index >= 15 is 0 Å². The highest BCUT2D eigenvalue weighted by Crippen LogP contribution is 2.34. The predicted molar refractivity (Wildman–Crippen MR) is 71.2 cm³/mol. The molecule has 2 heteroatoms. The Hall–Kier alpha value is -0.860. The zero-order chi connectivity index (χ0) is 12.5. The van der Waals surface area contributed by atoms with Crippen LogP contribution in [0.5, 0.6) is 0 Å². The van der Waals surface area contributed by atoms with Gasteiger partial charge in [-0.1, -0.05) is 30.7 Å². The Kier molecular flexibility index (Phi) is 3.55. The molecular weight excluding hydrogens is 210 g/mol. The lowest BCUT2D eigenvalue weighted by Gasteiger charge is -2.39. The monoisotopic (exact) mass is 233 g/mol. The van der Waals surface area contributed by atoms with Gasteiger partial charge in [0.25, 0.3) is 0 Å². The van der Waals surface area contributed by atoms with Crippen LogP contribution >= 0.6 is 0 Å². The molecule has 1 aromatic rings. The summed E-state index contributed by atoms with van der Waals surface area (Å²) in [5.41, 5.74) is 3.00. The van der Waals surface area contributed by atoms with Crippen LogP contribution in [-0.4, -0.2) is 29.6 Å². The van der Waals surface area contributed by atoms with E-state index in [-0.39, 0.29) is 0 Å². The molecule has 1 saturated heterocycles. The fraction of sp³-hybridized carbons (Fsp3) is 0.600. The summed E-state index contributed by atoms with van der Waals surface area (Å²) in [6, 6.07) is 6.37. The van der Waals surface area contributed by atoms with E-state index in [0.717, 1.165) is 38.0 Å². The van der Waals surface area contributed by atoms with Gasteiger partial charge in [0.15, 0.2) is 0 Å². The van der Waals surface area contributed by atoms with Gasteiger partial charge in [0, 0.05) is 13.1 Å². The van der Waals surface area contributed by atoms with Crippen LogP contribution in [0.4, 0.5) is 0 Å². The summed E-state index contributed by atoms with van der Waals surface area (Å²) in [5, 5.41) is 10.8. The zero-order valence-corrected chi connectivity index (χ0v) is 11.2. The Morgan fingerprint density at radius 3 is 2.41 bits per heavy atom. The molecule has 1 heterocycles. The van der Waals surface area contributed by atoms with E-state index in [4.69, 9.17) is 0 Å². The van der Waals surface area contributed by atoms with Gasteiger partial charge in [0.2, 0.25) is 0 Å². The van der Waals surface area contributed by atoms with E-state index in [2.05, 4.69) is 43.9 Å². The lowest BCUT2D eigenvalue weighted by Crippen LogP contribution is -2.42. The largest absolute Gasteiger partial charge is 0.385 e. The van der Waals surface area contributed by atoms with Crippen molar-refractivity contribution in [3.8, 4) is 0 Å². The van der Waals surface area contributed by atoms with Crippen molar-refractivity contribution < 1.29 is 5.11 Å². The highest BCUT2D eigenvalue weighted by atomic mass is 16.3. The lowest BCUT2D eigenvalue weighted by atomic mass is 9.82. The average Bonchev–Trinajstić information content (AvgIpc) is 2.29. The second-order valence-corrected chi connectivity index (χ2v) is 5.28. The molecule has 2 rings (SSSR count). The Bertz CT molecular complexity index is 392. The topological polar surface area (TPSA) is 23.5 Å². The number of hydrogen-bond donors (Lipinski definition) is 1. The number of benzene rings is 1. The number of aliphatic hydroxyl groups is 1. The summed E-state index contributed by atoms with van der Waals surface area (Å²) in [4.78, 5) is 2.40. The molecule has 17 heavy (non-hydrogen) atoms. The summed E-state index contributed by atoms with van der Waals surface area (Å²) in [5.74, 6) is 0. The molecule has 0 atom stereocenters. The Labute approximate surface area is 104 Å². The average molecular weight is 233 g/mol. The highest BCUT2D eigenvalue weighted by Gasteiger charge is 2.34. The van der Waals surface area contributed by atoms with Crippen LogP contribution in [0.1, 0.15) is 36.5 Å². The van der Waals surface area contributed by atoms with E-state index in [1.807, 2.05) is 0 Å². The molecule has 2 nitrogen and oxygen atoms in total. The van der Waals surface area contributed by atoms with Gasteiger partial charge in [0.05, 0.1) is 5.60 Å². The molecular formula is C15H23NO. The molecule has 1 N–H and O–H groups in total. The second-order valence-electron chi connectivity index (χ2n) is 5.28.